The quantitative estimate of drug-likeness (QED) is 0.414. The van der Waals surface area contributed by atoms with E-state index in [-0.39, 0.29) is 11.8 Å². The number of rotatable bonds is 5. The summed E-state index contributed by atoms with van der Waals surface area (Å²) in [5, 5.41) is 18.2. The molecule has 0 unspecified atom stereocenters. The molecule has 0 radical (unpaired) electrons. The van der Waals surface area contributed by atoms with E-state index in [1.807, 2.05) is 32.0 Å². The van der Waals surface area contributed by atoms with Crippen LogP contribution in [0, 0.1) is 5.82 Å². The van der Waals surface area contributed by atoms with Crippen molar-refractivity contribution >= 4 is 17.2 Å². The molecule has 3 heterocycles. The lowest BCUT2D eigenvalue weighted by Gasteiger charge is -2.30. The van der Waals surface area contributed by atoms with Crippen LogP contribution in [-0.4, -0.2) is 49.0 Å². The fourth-order valence-electron chi connectivity index (χ4n) is 4.52. The second-order valence-electron chi connectivity index (χ2n) is 8.13. The van der Waals surface area contributed by atoms with Gasteiger partial charge in [-0.05, 0) is 53.9 Å². The Morgan fingerprint density at radius 2 is 2.12 bits per heavy atom. The number of nitrogens with one attached hydrogen (secondary N) is 2. The number of likely N-dealkylation sites (N-methyl/N-ethyl adjacent to an activating group) is 1. The third kappa shape index (κ3) is 3.27. The van der Waals surface area contributed by atoms with Crippen LogP contribution in [0.1, 0.15) is 30.8 Å². The lowest BCUT2D eigenvalue weighted by atomic mass is 9.96. The number of hydrogen-bond acceptors (Lipinski definition) is 5. The summed E-state index contributed by atoms with van der Waals surface area (Å²) >= 11 is 0. The van der Waals surface area contributed by atoms with Gasteiger partial charge in [-0.2, -0.15) is 5.10 Å². The van der Waals surface area contributed by atoms with Gasteiger partial charge in [-0.25, -0.2) is 9.37 Å². The topological polar surface area (TPSA) is 97.9 Å². The Kier molecular flexibility index (Phi) is 5.01. The molecule has 164 valence electrons. The molecular formula is C24H24FN5O2. The molecule has 0 amide bonds. The van der Waals surface area contributed by atoms with E-state index < -0.39 is 5.82 Å². The highest BCUT2D eigenvalue weighted by Crippen LogP contribution is 2.34. The van der Waals surface area contributed by atoms with Gasteiger partial charge in [-0.15, -0.1) is 0 Å². The molecule has 8 heteroatoms. The zero-order valence-corrected chi connectivity index (χ0v) is 17.9. The zero-order valence-electron chi connectivity index (χ0n) is 17.9. The summed E-state index contributed by atoms with van der Waals surface area (Å²) in [4.78, 5) is 21.7. The Morgan fingerprint density at radius 1 is 1.28 bits per heavy atom. The van der Waals surface area contributed by atoms with Crippen LogP contribution in [0.4, 0.5) is 4.39 Å². The second kappa shape index (κ2) is 7.87. The van der Waals surface area contributed by atoms with Crippen molar-refractivity contribution in [2.45, 2.75) is 39.3 Å². The van der Waals surface area contributed by atoms with Gasteiger partial charge in [-0.1, -0.05) is 19.9 Å². The van der Waals surface area contributed by atoms with Gasteiger partial charge in [0.1, 0.15) is 12.0 Å². The average molecular weight is 433 g/mol. The van der Waals surface area contributed by atoms with E-state index in [9.17, 15) is 14.3 Å². The smallest absolute Gasteiger partial charge is 0.165 e. The fourth-order valence-corrected chi connectivity index (χ4v) is 4.52. The maximum absolute atomic E-state index is 14.0. The molecule has 1 aliphatic rings. The number of aromatic amines is 2. The van der Waals surface area contributed by atoms with Crippen molar-refractivity contribution in [1.82, 2.24) is 25.1 Å². The molecule has 0 spiro atoms. The van der Waals surface area contributed by atoms with Gasteiger partial charge >= 0.3 is 0 Å². The summed E-state index contributed by atoms with van der Waals surface area (Å²) in [6.07, 6.45) is 2.24. The van der Waals surface area contributed by atoms with E-state index in [4.69, 9.17) is 4.98 Å². The Morgan fingerprint density at radius 3 is 2.88 bits per heavy atom. The maximum Gasteiger partial charge on any atom is 0.165 e. The average Bonchev–Trinajstić information content (AvgIpc) is 3.42. The standard InChI is InChI=1S/C24H24FN5O2/c1-3-13-8-22(32)18(25)10-17(13)14-5-6-16-19(7-14)28-29-23(16)24-26-20-9-15(12-31)30(4-2)11-21(20)27-24/h5-8,10,12,15,32H,3-4,9,11H2,1-2H3,(H,26,27)(H,28,29)/t15-/m0/s1. The minimum absolute atomic E-state index is 0.152. The summed E-state index contributed by atoms with van der Waals surface area (Å²) < 4.78 is 14.0. The first-order valence-corrected chi connectivity index (χ1v) is 10.8. The van der Waals surface area contributed by atoms with Gasteiger partial charge in [0.2, 0.25) is 0 Å². The molecule has 0 bridgehead atoms. The van der Waals surface area contributed by atoms with E-state index >= 15 is 0 Å². The molecule has 32 heavy (non-hydrogen) atoms. The van der Waals surface area contributed by atoms with Crippen molar-refractivity contribution in [1.29, 1.82) is 0 Å². The van der Waals surface area contributed by atoms with Gasteiger partial charge in [-0.3, -0.25) is 10.00 Å². The Hall–Kier alpha value is -3.52. The van der Waals surface area contributed by atoms with Crippen molar-refractivity contribution in [3.63, 3.8) is 0 Å². The monoisotopic (exact) mass is 433 g/mol. The molecule has 2 aromatic carbocycles. The minimum Gasteiger partial charge on any atom is -0.505 e. The highest BCUT2D eigenvalue weighted by atomic mass is 19.1. The van der Waals surface area contributed by atoms with Crippen LogP contribution in [0.25, 0.3) is 33.5 Å². The number of aldehydes is 1. The molecular weight excluding hydrogens is 409 g/mol. The highest BCUT2D eigenvalue weighted by Gasteiger charge is 2.28. The van der Waals surface area contributed by atoms with Crippen LogP contribution >= 0.6 is 0 Å². The molecule has 4 aromatic rings. The van der Waals surface area contributed by atoms with Crippen LogP contribution in [0.3, 0.4) is 0 Å². The largest absolute Gasteiger partial charge is 0.505 e. The molecule has 3 N–H and O–H groups in total. The lowest BCUT2D eigenvalue weighted by Crippen LogP contribution is -2.41. The van der Waals surface area contributed by atoms with Crippen molar-refractivity contribution in [2.75, 3.05) is 6.54 Å². The van der Waals surface area contributed by atoms with Crippen molar-refractivity contribution in [2.24, 2.45) is 0 Å². The Bertz CT molecular complexity index is 1330. The number of imidazole rings is 1. The first-order chi connectivity index (χ1) is 15.5. The molecule has 2 aromatic heterocycles. The number of aromatic nitrogens is 4. The molecule has 0 saturated carbocycles. The summed E-state index contributed by atoms with van der Waals surface area (Å²) in [6.45, 7) is 5.46. The van der Waals surface area contributed by atoms with Gasteiger partial charge in [0.25, 0.3) is 0 Å². The fraction of sp³-hybridized carbons (Fsp3) is 0.292. The SMILES string of the molecule is CCc1cc(O)c(F)cc1-c1ccc2c(-c3nc4c([nH]3)CN(CC)[C@H](C=O)C4)n[nH]c2c1. The van der Waals surface area contributed by atoms with Crippen LogP contribution in [0.5, 0.6) is 5.75 Å². The summed E-state index contributed by atoms with van der Waals surface area (Å²) in [5.74, 6) is -0.309. The van der Waals surface area contributed by atoms with Gasteiger partial charge < -0.3 is 14.9 Å². The number of benzene rings is 2. The minimum atomic E-state index is -0.640. The number of aryl methyl sites for hydroxylation is 1. The van der Waals surface area contributed by atoms with Gasteiger partial charge in [0.15, 0.2) is 17.4 Å². The van der Waals surface area contributed by atoms with E-state index in [0.717, 1.165) is 51.8 Å². The number of halogens is 1. The Balaban J connectivity index is 1.53. The summed E-state index contributed by atoms with van der Waals surface area (Å²) in [6, 6.07) is 8.50. The number of phenolic OH excluding ortho intramolecular Hbond substituents is 1. The van der Waals surface area contributed by atoms with E-state index in [0.29, 0.717) is 30.9 Å². The molecule has 5 rings (SSSR count). The Labute approximate surface area is 184 Å². The van der Waals surface area contributed by atoms with Crippen LogP contribution in [-0.2, 0) is 24.2 Å². The maximum atomic E-state index is 14.0. The summed E-state index contributed by atoms with van der Waals surface area (Å²) in [7, 11) is 0. The molecule has 1 aliphatic heterocycles. The first kappa shape index (κ1) is 20.4. The van der Waals surface area contributed by atoms with Crippen LogP contribution in [0.2, 0.25) is 0 Å². The number of H-pyrrole nitrogens is 2. The van der Waals surface area contributed by atoms with Crippen molar-refractivity contribution in [3.05, 3.63) is 53.1 Å². The number of fused-ring (bicyclic) bond motifs is 2. The molecule has 0 aliphatic carbocycles. The molecule has 7 nitrogen and oxygen atoms in total. The van der Waals surface area contributed by atoms with Crippen molar-refractivity contribution < 1.29 is 14.3 Å². The molecule has 0 saturated heterocycles. The highest BCUT2D eigenvalue weighted by molar-refractivity contribution is 5.94. The normalized spacial score (nSPS) is 16.4. The van der Waals surface area contributed by atoms with Crippen molar-refractivity contribution in [3.8, 4) is 28.4 Å². The number of carbonyl (C=O) groups excluding carboxylic acids is 1. The van der Waals surface area contributed by atoms with Crippen LogP contribution < -0.4 is 0 Å². The lowest BCUT2D eigenvalue weighted by molar-refractivity contribution is -0.112. The van der Waals surface area contributed by atoms with E-state index in [1.54, 1.807) is 0 Å². The number of nitrogens with zero attached hydrogens (tertiary/aromatic N) is 3. The molecule has 0 fully saturated rings. The second-order valence-corrected chi connectivity index (χ2v) is 8.13. The first-order valence-electron chi connectivity index (χ1n) is 10.8. The number of phenols is 1. The third-order valence-corrected chi connectivity index (χ3v) is 6.31. The van der Waals surface area contributed by atoms with Crippen LogP contribution in [0.15, 0.2) is 30.3 Å². The number of hydrogen-bond donors (Lipinski definition) is 3. The van der Waals surface area contributed by atoms with Gasteiger partial charge in [0.05, 0.1) is 22.9 Å². The molecule has 1 atom stereocenters. The number of aromatic hydroxyl groups is 1. The number of carbonyl (C=O) groups is 1. The predicted octanol–water partition coefficient (Wildman–Crippen LogP) is 3.97. The zero-order chi connectivity index (χ0) is 22.4. The van der Waals surface area contributed by atoms with Gasteiger partial charge in [0, 0.05) is 18.4 Å². The predicted molar refractivity (Wildman–Crippen MR) is 120 cm³/mol. The van der Waals surface area contributed by atoms with E-state index in [1.165, 1.54) is 12.1 Å². The third-order valence-electron chi connectivity index (χ3n) is 6.31. The summed E-state index contributed by atoms with van der Waals surface area (Å²) in [5.41, 5.74) is 5.89. The van der Waals surface area contributed by atoms with E-state index in [2.05, 4.69) is 20.1 Å².